The van der Waals surface area contributed by atoms with Gasteiger partial charge in [-0.3, -0.25) is 9.78 Å². The van der Waals surface area contributed by atoms with E-state index in [-0.39, 0.29) is 18.8 Å². The Morgan fingerprint density at radius 2 is 1.82 bits per heavy atom. The van der Waals surface area contributed by atoms with Crippen LogP contribution in [0.5, 0.6) is 0 Å². The van der Waals surface area contributed by atoms with E-state index < -0.39 is 49.1 Å². The Hall–Kier alpha value is -2.10. The minimum absolute atomic E-state index is 0.0705. The van der Waals surface area contributed by atoms with Crippen molar-refractivity contribution in [3.05, 3.63) is 64.4 Å². The number of piperidine rings is 1. The third-order valence-corrected chi connectivity index (χ3v) is 8.93. The van der Waals surface area contributed by atoms with Crippen molar-refractivity contribution in [1.29, 1.82) is 0 Å². The summed E-state index contributed by atoms with van der Waals surface area (Å²) < 4.78 is 55.0. The summed E-state index contributed by atoms with van der Waals surface area (Å²) in [6, 6.07) is 7.15. The predicted octanol–water partition coefficient (Wildman–Crippen LogP) is 4.30. The van der Waals surface area contributed by atoms with Crippen molar-refractivity contribution in [2.75, 3.05) is 18.8 Å². The Kier molecular flexibility index (Phi) is 7.45. The number of benzene rings is 1. The zero-order valence-electron chi connectivity index (χ0n) is 18.9. The van der Waals surface area contributed by atoms with Gasteiger partial charge in [-0.05, 0) is 57.4 Å². The Bertz CT molecular complexity index is 1120. The van der Waals surface area contributed by atoms with Gasteiger partial charge in [-0.25, -0.2) is 21.5 Å². The highest BCUT2D eigenvalue weighted by molar-refractivity contribution is 7.89. The monoisotopic (exact) mass is 499 g/mol. The molecule has 180 valence electrons. The number of hydrogen-bond donors (Lipinski definition) is 1. The molecule has 1 N–H and O–H groups in total. The second-order valence-corrected chi connectivity index (χ2v) is 11.3. The summed E-state index contributed by atoms with van der Waals surface area (Å²) in [4.78, 5) is 17.6. The molecular formula is C23H28ClF2N3O3S. The highest BCUT2D eigenvalue weighted by Gasteiger charge is 2.51. The van der Waals surface area contributed by atoms with Gasteiger partial charge in [0.05, 0.1) is 16.3 Å². The first-order valence-electron chi connectivity index (χ1n) is 10.8. The molecule has 0 spiro atoms. The molecule has 1 aromatic carbocycles. The summed E-state index contributed by atoms with van der Waals surface area (Å²) in [6.45, 7) is 5.89. The van der Waals surface area contributed by atoms with Gasteiger partial charge in [-0.15, -0.1) is 0 Å². The van der Waals surface area contributed by atoms with Crippen molar-refractivity contribution in [1.82, 2.24) is 14.6 Å². The molecular weight excluding hydrogens is 472 g/mol. The Labute approximate surface area is 198 Å². The highest BCUT2D eigenvalue weighted by Crippen LogP contribution is 2.44. The lowest BCUT2D eigenvalue weighted by Crippen LogP contribution is -2.63. The van der Waals surface area contributed by atoms with Gasteiger partial charge in [0.2, 0.25) is 10.0 Å². The minimum atomic E-state index is -3.38. The SMILES string of the molecule is CCCS(=O)(=O)N1CCC(c2ccccn2)(C(C)(C)NC(=O)c2c(F)ccc(F)c2Cl)CC1. The maximum atomic E-state index is 14.4. The van der Waals surface area contributed by atoms with Crippen LogP contribution in [0.2, 0.25) is 5.02 Å². The topological polar surface area (TPSA) is 79.4 Å². The van der Waals surface area contributed by atoms with Crippen molar-refractivity contribution >= 4 is 27.5 Å². The molecule has 10 heteroatoms. The smallest absolute Gasteiger partial charge is 0.256 e. The number of pyridine rings is 1. The van der Waals surface area contributed by atoms with Crippen molar-refractivity contribution in [3.8, 4) is 0 Å². The Morgan fingerprint density at radius 3 is 2.39 bits per heavy atom. The predicted molar refractivity (Wildman–Crippen MR) is 124 cm³/mol. The van der Waals surface area contributed by atoms with Crippen LogP contribution in [-0.4, -0.2) is 48.0 Å². The van der Waals surface area contributed by atoms with E-state index in [1.807, 2.05) is 19.1 Å². The quantitative estimate of drug-likeness (QED) is 0.576. The van der Waals surface area contributed by atoms with Gasteiger partial charge >= 0.3 is 0 Å². The van der Waals surface area contributed by atoms with Gasteiger partial charge in [0.25, 0.3) is 5.91 Å². The first-order chi connectivity index (χ1) is 15.4. The van der Waals surface area contributed by atoms with Crippen LogP contribution in [-0.2, 0) is 15.4 Å². The molecule has 1 aliphatic heterocycles. The molecule has 0 atom stereocenters. The molecule has 0 aliphatic carbocycles. The van der Waals surface area contributed by atoms with Gasteiger partial charge < -0.3 is 5.32 Å². The number of nitrogens with zero attached hydrogens (tertiary/aromatic N) is 2. The minimum Gasteiger partial charge on any atom is -0.346 e. The van der Waals surface area contributed by atoms with Crippen LogP contribution in [0.15, 0.2) is 36.5 Å². The molecule has 0 saturated carbocycles. The van der Waals surface area contributed by atoms with E-state index in [2.05, 4.69) is 10.3 Å². The molecule has 1 aliphatic rings. The van der Waals surface area contributed by atoms with Gasteiger partial charge in [-0.2, -0.15) is 0 Å². The number of amides is 1. The molecule has 0 unspecified atom stereocenters. The molecule has 2 aromatic rings. The summed E-state index contributed by atoms with van der Waals surface area (Å²) in [7, 11) is -3.38. The van der Waals surface area contributed by atoms with Gasteiger partial charge in [0, 0.05) is 35.9 Å². The van der Waals surface area contributed by atoms with E-state index in [0.717, 1.165) is 12.1 Å². The molecule has 2 heterocycles. The van der Waals surface area contributed by atoms with E-state index in [1.165, 1.54) is 4.31 Å². The van der Waals surface area contributed by atoms with Crippen LogP contribution >= 0.6 is 11.6 Å². The second kappa shape index (κ2) is 9.64. The van der Waals surface area contributed by atoms with E-state index in [9.17, 15) is 22.0 Å². The average molecular weight is 500 g/mol. The van der Waals surface area contributed by atoms with Crippen molar-refractivity contribution in [3.63, 3.8) is 0 Å². The summed E-state index contributed by atoms with van der Waals surface area (Å²) in [5.74, 6) is -2.60. The number of carbonyl (C=O) groups excluding carboxylic acids is 1. The summed E-state index contributed by atoms with van der Waals surface area (Å²) in [5, 5.41) is 2.24. The van der Waals surface area contributed by atoms with Crippen LogP contribution in [0.4, 0.5) is 8.78 Å². The summed E-state index contributed by atoms with van der Waals surface area (Å²) in [6.07, 6.45) is 2.93. The van der Waals surface area contributed by atoms with Crippen LogP contribution in [0.25, 0.3) is 0 Å². The van der Waals surface area contributed by atoms with Gasteiger partial charge in [-0.1, -0.05) is 24.6 Å². The number of hydrogen-bond acceptors (Lipinski definition) is 4. The van der Waals surface area contributed by atoms with Crippen LogP contribution in [0.1, 0.15) is 56.1 Å². The van der Waals surface area contributed by atoms with Gasteiger partial charge in [0.1, 0.15) is 11.6 Å². The van der Waals surface area contributed by atoms with Crippen LogP contribution in [0, 0.1) is 11.6 Å². The maximum absolute atomic E-state index is 14.4. The molecule has 6 nitrogen and oxygen atoms in total. The molecule has 3 rings (SSSR count). The van der Waals surface area contributed by atoms with E-state index in [4.69, 9.17) is 11.6 Å². The van der Waals surface area contributed by atoms with E-state index in [1.54, 1.807) is 26.1 Å². The molecule has 0 radical (unpaired) electrons. The standard InChI is InChI=1S/C23H28ClF2N3O3S/c1-4-15-33(31,32)29-13-10-23(11-14-29,18-7-5-6-12-27-18)22(2,3)28-21(30)19-16(25)8-9-17(26)20(19)24/h5-9,12H,4,10-11,13-15H2,1-3H3,(H,28,30). The number of sulfonamides is 1. The second-order valence-electron chi connectivity index (χ2n) is 8.81. The fourth-order valence-corrected chi connectivity index (χ4v) is 6.33. The normalized spacial score (nSPS) is 17.0. The summed E-state index contributed by atoms with van der Waals surface area (Å²) >= 11 is 5.90. The zero-order valence-corrected chi connectivity index (χ0v) is 20.4. The number of halogens is 3. The fraction of sp³-hybridized carbons (Fsp3) is 0.478. The van der Waals surface area contributed by atoms with Crippen molar-refractivity contribution < 1.29 is 22.0 Å². The lowest BCUT2D eigenvalue weighted by atomic mass is 9.63. The third-order valence-electron chi connectivity index (χ3n) is 6.48. The number of nitrogens with one attached hydrogen (secondary N) is 1. The molecule has 33 heavy (non-hydrogen) atoms. The first kappa shape index (κ1) is 25.5. The van der Waals surface area contributed by atoms with Crippen LogP contribution < -0.4 is 5.32 Å². The summed E-state index contributed by atoms with van der Waals surface area (Å²) in [5.41, 5.74) is -1.63. The molecule has 1 aromatic heterocycles. The molecule has 1 fully saturated rings. The highest BCUT2D eigenvalue weighted by atomic mass is 35.5. The van der Waals surface area contributed by atoms with Gasteiger partial charge in [0.15, 0.2) is 0 Å². The Balaban J connectivity index is 1.97. The number of rotatable bonds is 7. The fourth-order valence-electron chi connectivity index (χ4n) is 4.58. The largest absolute Gasteiger partial charge is 0.346 e. The molecule has 1 saturated heterocycles. The van der Waals surface area contributed by atoms with Crippen LogP contribution in [0.3, 0.4) is 0 Å². The number of aromatic nitrogens is 1. The van der Waals surface area contributed by atoms with Crippen molar-refractivity contribution in [2.45, 2.75) is 51.0 Å². The third kappa shape index (κ3) is 4.90. The maximum Gasteiger partial charge on any atom is 0.256 e. The lowest BCUT2D eigenvalue weighted by molar-refractivity contribution is 0.0767. The molecule has 0 bridgehead atoms. The number of carbonyl (C=O) groups is 1. The Morgan fingerprint density at radius 1 is 1.18 bits per heavy atom. The average Bonchev–Trinajstić information content (AvgIpc) is 2.77. The van der Waals surface area contributed by atoms with E-state index in [0.29, 0.717) is 25.0 Å². The first-order valence-corrected chi connectivity index (χ1v) is 12.8. The van der Waals surface area contributed by atoms with Crippen molar-refractivity contribution in [2.24, 2.45) is 0 Å². The zero-order chi connectivity index (χ0) is 24.4. The van der Waals surface area contributed by atoms with E-state index >= 15 is 0 Å². The lowest BCUT2D eigenvalue weighted by Gasteiger charge is -2.51. The molecule has 1 amide bonds.